The van der Waals surface area contributed by atoms with E-state index in [0.29, 0.717) is 23.4 Å². The number of benzene rings is 1. The van der Waals surface area contributed by atoms with Crippen molar-refractivity contribution in [2.45, 2.75) is 39.7 Å². The van der Waals surface area contributed by atoms with Crippen LogP contribution in [0.2, 0.25) is 0 Å². The number of carbonyl (C=O) groups excluding carboxylic acids is 2. The molecule has 116 valence electrons. The fourth-order valence-electron chi connectivity index (χ4n) is 2.49. The van der Waals surface area contributed by atoms with E-state index in [9.17, 15) is 9.59 Å². The number of nitriles is 1. The molecule has 1 amide bonds. The van der Waals surface area contributed by atoms with Gasteiger partial charge in [0, 0.05) is 12.0 Å². The lowest BCUT2D eigenvalue weighted by molar-refractivity contribution is -0.128. The second-order valence-electron chi connectivity index (χ2n) is 5.72. The number of carbonyl (C=O) groups is 2. The topological polar surface area (TPSA) is 70.4 Å². The molecule has 2 rings (SSSR count). The molecular formula is C17H20N2O3. The maximum Gasteiger partial charge on any atom is 0.269 e. The summed E-state index contributed by atoms with van der Waals surface area (Å²) in [6, 6.07) is 7.09. The zero-order chi connectivity index (χ0) is 16.3. The van der Waals surface area contributed by atoms with E-state index in [1.807, 2.05) is 26.8 Å². The van der Waals surface area contributed by atoms with Crippen molar-refractivity contribution in [1.82, 2.24) is 0 Å². The molecule has 22 heavy (non-hydrogen) atoms. The zero-order valence-electron chi connectivity index (χ0n) is 13.1. The van der Waals surface area contributed by atoms with Crippen molar-refractivity contribution in [3.05, 3.63) is 23.8 Å². The van der Waals surface area contributed by atoms with Crippen LogP contribution in [0.3, 0.4) is 0 Å². The summed E-state index contributed by atoms with van der Waals surface area (Å²) in [5, 5.41) is 9.00. The molecule has 0 bridgehead atoms. The van der Waals surface area contributed by atoms with Crippen LogP contribution in [-0.2, 0) is 4.79 Å². The Balaban J connectivity index is 2.44. The first-order chi connectivity index (χ1) is 10.5. The van der Waals surface area contributed by atoms with Crippen molar-refractivity contribution in [3.63, 3.8) is 0 Å². The second kappa shape index (κ2) is 6.61. The van der Waals surface area contributed by atoms with Crippen LogP contribution in [-0.4, -0.2) is 24.3 Å². The van der Waals surface area contributed by atoms with E-state index in [2.05, 4.69) is 0 Å². The lowest BCUT2D eigenvalue weighted by Gasteiger charge is -2.35. The van der Waals surface area contributed by atoms with Gasteiger partial charge < -0.3 is 4.74 Å². The predicted molar refractivity (Wildman–Crippen MR) is 82.9 cm³/mol. The summed E-state index contributed by atoms with van der Waals surface area (Å²) in [7, 11) is 0. The highest BCUT2D eigenvalue weighted by Crippen LogP contribution is 2.36. The Morgan fingerprint density at radius 3 is 2.77 bits per heavy atom. The van der Waals surface area contributed by atoms with Gasteiger partial charge in [-0.3, -0.25) is 14.5 Å². The number of fused-ring (bicyclic) bond motifs is 1. The van der Waals surface area contributed by atoms with Gasteiger partial charge in [0.1, 0.15) is 12.3 Å². The van der Waals surface area contributed by atoms with E-state index >= 15 is 0 Å². The average Bonchev–Trinajstić information content (AvgIpc) is 2.49. The van der Waals surface area contributed by atoms with Gasteiger partial charge in [0.15, 0.2) is 11.9 Å². The summed E-state index contributed by atoms with van der Waals surface area (Å²) < 4.78 is 5.76. The number of anilines is 1. The van der Waals surface area contributed by atoms with Gasteiger partial charge in [0.25, 0.3) is 5.91 Å². The van der Waals surface area contributed by atoms with Gasteiger partial charge in [0.2, 0.25) is 0 Å². The van der Waals surface area contributed by atoms with Crippen LogP contribution in [0.15, 0.2) is 18.2 Å². The first-order valence-corrected chi connectivity index (χ1v) is 7.51. The van der Waals surface area contributed by atoms with Gasteiger partial charge in [-0.2, -0.15) is 5.26 Å². The zero-order valence-corrected chi connectivity index (χ0v) is 13.1. The normalized spacial score (nSPS) is 17.0. The van der Waals surface area contributed by atoms with Crippen molar-refractivity contribution in [2.75, 3.05) is 11.4 Å². The number of Topliss-reactive ketones (excluding diaryl/α,β-unsaturated/α-hetero) is 1. The van der Waals surface area contributed by atoms with E-state index < -0.39 is 6.10 Å². The lowest BCUT2D eigenvalue weighted by atomic mass is 10.0. The standard InChI is InChI=1S/C17H20N2O3/c1-4-5-14(20)12-6-7-15-13(10-12)19(9-8-18)17(21)16(22-15)11(2)3/h6-7,10-11,16H,4-5,9H2,1-3H3. The Bertz CT molecular complexity index is 631. The maximum atomic E-state index is 12.5. The number of nitrogens with zero attached hydrogens (tertiary/aromatic N) is 2. The first-order valence-electron chi connectivity index (χ1n) is 7.51. The maximum absolute atomic E-state index is 12.5. The van der Waals surface area contributed by atoms with Crippen molar-refractivity contribution in [3.8, 4) is 11.8 Å². The summed E-state index contributed by atoms with van der Waals surface area (Å²) in [4.78, 5) is 25.9. The molecule has 0 saturated heterocycles. The number of amides is 1. The minimum absolute atomic E-state index is 0.00300. The summed E-state index contributed by atoms with van der Waals surface area (Å²) in [6.07, 6.45) is 0.626. The Morgan fingerprint density at radius 2 is 2.18 bits per heavy atom. The van der Waals surface area contributed by atoms with E-state index in [1.54, 1.807) is 18.2 Å². The molecule has 1 aromatic carbocycles. The molecule has 1 aliphatic heterocycles. The average molecular weight is 300 g/mol. The molecule has 0 N–H and O–H groups in total. The third-order valence-electron chi connectivity index (χ3n) is 3.65. The molecule has 1 heterocycles. The van der Waals surface area contributed by atoms with Gasteiger partial charge >= 0.3 is 0 Å². The van der Waals surface area contributed by atoms with Gasteiger partial charge in [-0.05, 0) is 30.5 Å². The molecule has 1 aliphatic rings. The third-order valence-corrected chi connectivity index (χ3v) is 3.65. The van der Waals surface area contributed by atoms with Crippen molar-refractivity contribution in [2.24, 2.45) is 5.92 Å². The van der Waals surface area contributed by atoms with Gasteiger partial charge in [-0.1, -0.05) is 20.8 Å². The molecule has 5 heteroatoms. The number of rotatable bonds is 5. The van der Waals surface area contributed by atoms with E-state index in [0.717, 1.165) is 6.42 Å². The number of ether oxygens (including phenoxy) is 1. The van der Waals surface area contributed by atoms with Crippen LogP contribution in [0.5, 0.6) is 5.75 Å². The van der Waals surface area contributed by atoms with E-state index in [-0.39, 0.29) is 24.2 Å². The molecule has 1 atom stereocenters. The van der Waals surface area contributed by atoms with Crippen LogP contribution in [0.1, 0.15) is 44.0 Å². The molecule has 0 fully saturated rings. The highest BCUT2D eigenvalue weighted by atomic mass is 16.5. The van der Waals surface area contributed by atoms with Crippen LogP contribution in [0, 0.1) is 17.2 Å². The summed E-state index contributed by atoms with van der Waals surface area (Å²) in [5.74, 6) is 0.342. The second-order valence-corrected chi connectivity index (χ2v) is 5.72. The number of hydrogen-bond donors (Lipinski definition) is 0. The molecule has 1 aromatic rings. The van der Waals surface area contributed by atoms with Gasteiger partial charge in [-0.15, -0.1) is 0 Å². The van der Waals surface area contributed by atoms with Crippen molar-refractivity contribution < 1.29 is 14.3 Å². The monoisotopic (exact) mass is 300 g/mol. The Labute approximate surface area is 130 Å². The third kappa shape index (κ3) is 2.96. The fourth-order valence-corrected chi connectivity index (χ4v) is 2.49. The molecular weight excluding hydrogens is 280 g/mol. The number of hydrogen-bond acceptors (Lipinski definition) is 4. The van der Waals surface area contributed by atoms with Gasteiger partial charge in [0.05, 0.1) is 11.8 Å². The Morgan fingerprint density at radius 1 is 1.45 bits per heavy atom. The smallest absolute Gasteiger partial charge is 0.269 e. The first kappa shape index (κ1) is 16.0. The quantitative estimate of drug-likeness (QED) is 0.619. The predicted octanol–water partition coefficient (Wildman–Crippen LogP) is 2.94. The SMILES string of the molecule is CCCC(=O)c1ccc2c(c1)N(CC#N)C(=O)C(C(C)C)O2. The highest BCUT2D eigenvalue weighted by molar-refractivity contribution is 6.03. The lowest BCUT2D eigenvalue weighted by Crippen LogP contribution is -2.48. The number of ketones is 1. The summed E-state index contributed by atoms with van der Waals surface area (Å²) >= 11 is 0. The molecule has 0 radical (unpaired) electrons. The Kier molecular flexibility index (Phi) is 4.81. The highest BCUT2D eigenvalue weighted by Gasteiger charge is 2.36. The molecule has 5 nitrogen and oxygen atoms in total. The van der Waals surface area contributed by atoms with Crippen LogP contribution in [0.25, 0.3) is 0 Å². The molecule has 0 spiro atoms. The molecule has 0 saturated carbocycles. The molecule has 0 aromatic heterocycles. The van der Waals surface area contributed by atoms with Crippen LogP contribution >= 0.6 is 0 Å². The largest absolute Gasteiger partial charge is 0.478 e. The van der Waals surface area contributed by atoms with Crippen LogP contribution < -0.4 is 9.64 Å². The summed E-state index contributed by atoms with van der Waals surface area (Å²) in [6.45, 7) is 5.69. The van der Waals surface area contributed by atoms with Gasteiger partial charge in [-0.25, -0.2) is 0 Å². The molecule has 1 unspecified atom stereocenters. The van der Waals surface area contributed by atoms with Crippen molar-refractivity contribution in [1.29, 1.82) is 5.26 Å². The minimum atomic E-state index is -0.599. The van der Waals surface area contributed by atoms with Crippen LogP contribution in [0.4, 0.5) is 5.69 Å². The fraction of sp³-hybridized carbons (Fsp3) is 0.471. The van der Waals surface area contributed by atoms with E-state index in [1.165, 1.54) is 4.90 Å². The molecule has 0 aliphatic carbocycles. The van der Waals surface area contributed by atoms with Crippen molar-refractivity contribution >= 4 is 17.4 Å². The van der Waals surface area contributed by atoms with E-state index in [4.69, 9.17) is 10.00 Å². The Hall–Kier alpha value is -2.35. The summed E-state index contributed by atoms with van der Waals surface area (Å²) in [5.41, 5.74) is 1.05. The minimum Gasteiger partial charge on any atom is -0.478 e.